The number of methoxy groups -OCH3 is 1. The lowest BCUT2D eigenvalue weighted by molar-refractivity contribution is 0.203. The van der Waals surface area contributed by atoms with Gasteiger partial charge in [-0.2, -0.15) is 5.10 Å². The molecular weight excluding hydrogens is 278 g/mol. The van der Waals surface area contributed by atoms with Gasteiger partial charge in [-0.15, -0.1) is 0 Å². The molecule has 0 saturated carbocycles. The molecule has 0 fully saturated rings. The molecule has 0 amide bonds. The fraction of sp³-hybridized carbons (Fsp3) is 0.375. The Kier molecular flexibility index (Phi) is 6.44. The first-order valence-electron chi connectivity index (χ1n) is 7.30. The second-order valence-corrected chi connectivity index (χ2v) is 4.87. The maximum absolute atomic E-state index is 5.01. The van der Waals surface area contributed by atoms with E-state index in [0.717, 1.165) is 25.6 Å². The van der Waals surface area contributed by atoms with Crippen molar-refractivity contribution in [3.63, 3.8) is 0 Å². The minimum absolute atomic E-state index is 0.653. The minimum Gasteiger partial charge on any atom is -0.383 e. The molecule has 0 bridgehead atoms. The summed E-state index contributed by atoms with van der Waals surface area (Å²) in [6, 6.07) is 10.4. The van der Waals surface area contributed by atoms with Crippen LogP contribution in [0.1, 0.15) is 11.1 Å². The summed E-state index contributed by atoms with van der Waals surface area (Å²) in [5.41, 5.74) is 2.43. The van der Waals surface area contributed by atoms with Crippen molar-refractivity contribution in [2.24, 2.45) is 4.99 Å². The lowest BCUT2D eigenvalue weighted by Crippen LogP contribution is -2.38. The molecule has 0 spiro atoms. The Morgan fingerprint density at radius 2 is 2.14 bits per heavy atom. The third kappa shape index (κ3) is 5.21. The molecule has 0 aliphatic rings. The first-order chi connectivity index (χ1) is 10.8. The molecule has 0 radical (unpaired) electrons. The Bertz CT molecular complexity index is 580. The lowest BCUT2D eigenvalue weighted by Gasteiger charge is -2.12. The smallest absolute Gasteiger partial charge is 0.191 e. The quantitative estimate of drug-likeness (QED) is 0.459. The predicted molar refractivity (Wildman–Crippen MR) is 87.8 cm³/mol. The Morgan fingerprint density at radius 3 is 2.86 bits per heavy atom. The van der Waals surface area contributed by atoms with Crippen LogP contribution >= 0.6 is 0 Å². The van der Waals surface area contributed by atoms with Crippen LogP contribution in [0.25, 0.3) is 0 Å². The topological polar surface area (TPSA) is 63.5 Å². The van der Waals surface area contributed by atoms with E-state index in [1.807, 2.05) is 16.9 Å². The van der Waals surface area contributed by atoms with E-state index in [1.54, 1.807) is 20.4 Å². The van der Waals surface area contributed by atoms with Gasteiger partial charge in [0.15, 0.2) is 5.96 Å². The molecule has 0 atom stereocenters. The Balaban J connectivity index is 1.87. The number of aromatic nitrogens is 2. The number of nitrogens with one attached hydrogen (secondary N) is 2. The lowest BCUT2D eigenvalue weighted by atomic mass is 10.1. The summed E-state index contributed by atoms with van der Waals surface area (Å²) in [6.45, 7) is 2.89. The molecule has 118 valence electrons. The zero-order chi connectivity index (χ0) is 15.6. The molecule has 6 nitrogen and oxygen atoms in total. The van der Waals surface area contributed by atoms with E-state index < -0.39 is 0 Å². The number of aliphatic imine (C=N–C) groups is 1. The number of hydrogen-bond acceptors (Lipinski definition) is 3. The van der Waals surface area contributed by atoms with Crippen LogP contribution in [0.15, 0.2) is 47.7 Å². The maximum Gasteiger partial charge on any atom is 0.191 e. The van der Waals surface area contributed by atoms with Gasteiger partial charge in [0.25, 0.3) is 0 Å². The van der Waals surface area contributed by atoms with Gasteiger partial charge in [-0.05, 0) is 17.2 Å². The number of hydrogen-bond donors (Lipinski definition) is 2. The van der Waals surface area contributed by atoms with Crippen LogP contribution < -0.4 is 10.6 Å². The number of nitrogens with zero attached hydrogens (tertiary/aromatic N) is 3. The summed E-state index contributed by atoms with van der Waals surface area (Å²) < 4.78 is 6.93. The molecule has 0 unspecified atom stereocenters. The van der Waals surface area contributed by atoms with Crippen LogP contribution in [-0.2, 0) is 17.8 Å². The summed E-state index contributed by atoms with van der Waals surface area (Å²) in [4.78, 5) is 4.18. The molecule has 2 rings (SSSR count). The van der Waals surface area contributed by atoms with Crippen molar-refractivity contribution < 1.29 is 4.74 Å². The van der Waals surface area contributed by atoms with Gasteiger partial charge in [-0.3, -0.25) is 9.67 Å². The molecule has 0 aliphatic heterocycles. The number of rotatable bonds is 7. The number of guanidine groups is 1. The molecular formula is C16H23N5O. The van der Waals surface area contributed by atoms with E-state index >= 15 is 0 Å². The normalized spacial score (nSPS) is 11.5. The van der Waals surface area contributed by atoms with Crippen molar-refractivity contribution in [3.05, 3.63) is 53.9 Å². The van der Waals surface area contributed by atoms with Crippen LogP contribution in [0.5, 0.6) is 0 Å². The van der Waals surface area contributed by atoms with Crippen LogP contribution in [0.4, 0.5) is 0 Å². The SMILES string of the molecule is CN=C(NCCOC)NCc1cccc(Cn2cccn2)c1. The molecule has 1 aromatic heterocycles. The molecule has 2 aromatic rings. The number of ether oxygens (including phenoxy) is 1. The Labute approximate surface area is 131 Å². The van der Waals surface area contributed by atoms with Crippen molar-refractivity contribution in [2.45, 2.75) is 13.1 Å². The molecule has 2 N–H and O–H groups in total. The third-order valence-corrected chi connectivity index (χ3v) is 3.18. The maximum atomic E-state index is 5.01. The molecule has 1 heterocycles. The molecule has 6 heteroatoms. The molecule has 0 saturated heterocycles. The second-order valence-electron chi connectivity index (χ2n) is 4.87. The molecule has 1 aromatic carbocycles. The average molecular weight is 301 g/mol. The summed E-state index contributed by atoms with van der Waals surface area (Å²) >= 11 is 0. The van der Waals surface area contributed by atoms with Crippen LogP contribution in [0, 0.1) is 0 Å². The van der Waals surface area contributed by atoms with E-state index in [4.69, 9.17) is 4.74 Å². The fourth-order valence-corrected chi connectivity index (χ4v) is 2.10. The van der Waals surface area contributed by atoms with Crippen molar-refractivity contribution in [1.82, 2.24) is 20.4 Å². The second kappa shape index (κ2) is 8.84. The van der Waals surface area contributed by atoms with Gasteiger partial charge in [-0.25, -0.2) is 0 Å². The van der Waals surface area contributed by atoms with Gasteiger partial charge in [0.2, 0.25) is 0 Å². The molecule has 0 aliphatic carbocycles. The highest BCUT2D eigenvalue weighted by Gasteiger charge is 2.00. The highest BCUT2D eigenvalue weighted by Crippen LogP contribution is 2.06. The third-order valence-electron chi connectivity index (χ3n) is 3.18. The largest absolute Gasteiger partial charge is 0.383 e. The summed E-state index contributed by atoms with van der Waals surface area (Å²) in [5.74, 6) is 0.773. The van der Waals surface area contributed by atoms with Crippen LogP contribution in [0.3, 0.4) is 0 Å². The predicted octanol–water partition coefficient (Wildman–Crippen LogP) is 1.24. The van der Waals surface area contributed by atoms with E-state index in [2.05, 4.69) is 45.0 Å². The monoisotopic (exact) mass is 301 g/mol. The average Bonchev–Trinajstić information content (AvgIpc) is 3.04. The van der Waals surface area contributed by atoms with Gasteiger partial charge < -0.3 is 15.4 Å². The first-order valence-corrected chi connectivity index (χ1v) is 7.30. The van der Waals surface area contributed by atoms with Crippen molar-refractivity contribution in [1.29, 1.82) is 0 Å². The minimum atomic E-state index is 0.653. The van der Waals surface area contributed by atoms with Crippen LogP contribution in [0.2, 0.25) is 0 Å². The highest BCUT2D eigenvalue weighted by atomic mass is 16.5. The van der Waals surface area contributed by atoms with Gasteiger partial charge in [0, 0.05) is 39.6 Å². The van der Waals surface area contributed by atoms with E-state index in [9.17, 15) is 0 Å². The first kappa shape index (κ1) is 16.0. The zero-order valence-corrected chi connectivity index (χ0v) is 13.1. The standard InChI is InChI=1S/C16H23N5O/c1-17-16(18-8-10-22-2)19-12-14-5-3-6-15(11-14)13-21-9-4-7-20-21/h3-7,9,11H,8,10,12-13H2,1-2H3,(H2,17,18,19). The Morgan fingerprint density at radius 1 is 1.27 bits per heavy atom. The van der Waals surface area contributed by atoms with E-state index in [1.165, 1.54) is 11.1 Å². The van der Waals surface area contributed by atoms with E-state index in [0.29, 0.717) is 6.61 Å². The summed E-state index contributed by atoms with van der Waals surface area (Å²) in [7, 11) is 3.44. The summed E-state index contributed by atoms with van der Waals surface area (Å²) in [6.07, 6.45) is 3.76. The van der Waals surface area contributed by atoms with Gasteiger partial charge in [-0.1, -0.05) is 24.3 Å². The van der Waals surface area contributed by atoms with Crippen molar-refractivity contribution in [3.8, 4) is 0 Å². The number of benzene rings is 1. The Hall–Kier alpha value is -2.34. The van der Waals surface area contributed by atoms with Gasteiger partial charge in [0.05, 0.1) is 13.2 Å². The van der Waals surface area contributed by atoms with Crippen molar-refractivity contribution in [2.75, 3.05) is 27.3 Å². The van der Waals surface area contributed by atoms with Crippen molar-refractivity contribution >= 4 is 5.96 Å². The van der Waals surface area contributed by atoms with Gasteiger partial charge >= 0.3 is 0 Å². The zero-order valence-electron chi connectivity index (χ0n) is 13.1. The molecule has 22 heavy (non-hydrogen) atoms. The van der Waals surface area contributed by atoms with E-state index in [-0.39, 0.29) is 0 Å². The van der Waals surface area contributed by atoms with Crippen LogP contribution in [-0.4, -0.2) is 43.0 Å². The van der Waals surface area contributed by atoms with Gasteiger partial charge in [0.1, 0.15) is 0 Å². The summed E-state index contributed by atoms with van der Waals surface area (Å²) in [5, 5.41) is 10.7. The highest BCUT2D eigenvalue weighted by molar-refractivity contribution is 5.79. The fourth-order valence-electron chi connectivity index (χ4n) is 2.10.